The first-order chi connectivity index (χ1) is 9.54. The van der Waals surface area contributed by atoms with Crippen LogP contribution in [0.15, 0.2) is 30.3 Å². The molecule has 0 aromatic heterocycles. The lowest BCUT2D eigenvalue weighted by atomic mass is 10.2. The molecule has 1 aromatic carbocycles. The van der Waals surface area contributed by atoms with Crippen molar-refractivity contribution in [2.24, 2.45) is 0 Å². The van der Waals surface area contributed by atoms with Crippen molar-refractivity contribution in [1.82, 2.24) is 5.32 Å². The Morgan fingerprint density at radius 3 is 2.50 bits per heavy atom. The molecule has 6 heteroatoms. The number of aliphatic carboxylic acids is 1. The van der Waals surface area contributed by atoms with E-state index >= 15 is 0 Å². The normalized spacial score (nSPS) is 13.5. The van der Waals surface area contributed by atoms with Crippen LogP contribution < -0.4 is 5.32 Å². The number of methoxy groups -OCH3 is 1. The summed E-state index contributed by atoms with van der Waals surface area (Å²) < 4.78 is 10.1. The summed E-state index contributed by atoms with van der Waals surface area (Å²) in [5, 5.41) is 11.3. The number of carbonyl (C=O) groups excluding carboxylic acids is 1. The number of benzene rings is 1. The molecule has 0 aliphatic carbocycles. The molecule has 0 fully saturated rings. The molecule has 0 saturated heterocycles. The van der Waals surface area contributed by atoms with Gasteiger partial charge in [-0.3, -0.25) is 4.79 Å². The Balaban J connectivity index is 2.34. The molecule has 0 spiro atoms. The van der Waals surface area contributed by atoms with E-state index in [1.807, 2.05) is 30.3 Å². The number of hydrogen-bond acceptors (Lipinski definition) is 4. The van der Waals surface area contributed by atoms with Gasteiger partial charge in [-0.05, 0) is 12.5 Å². The quantitative estimate of drug-likeness (QED) is 0.736. The summed E-state index contributed by atoms with van der Waals surface area (Å²) in [6.07, 6.45) is -1.72. The first-order valence-electron chi connectivity index (χ1n) is 6.23. The van der Waals surface area contributed by atoms with E-state index in [0.717, 1.165) is 5.56 Å². The molecule has 20 heavy (non-hydrogen) atoms. The third-order valence-electron chi connectivity index (χ3n) is 2.73. The van der Waals surface area contributed by atoms with Gasteiger partial charge in [-0.15, -0.1) is 0 Å². The highest BCUT2D eigenvalue weighted by Crippen LogP contribution is 2.03. The van der Waals surface area contributed by atoms with Crippen molar-refractivity contribution < 1.29 is 24.2 Å². The van der Waals surface area contributed by atoms with E-state index in [0.29, 0.717) is 6.61 Å². The zero-order chi connectivity index (χ0) is 15.0. The third-order valence-corrected chi connectivity index (χ3v) is 2.73. The third kappa shape index (κ3) is 5.38. The molecule has 2 N–H and O–H groups in total. The summed E-state index contributed by atoms with van der Waals surface area (Å²) in [5.74, 6) is -1.49. The fourth-order valence-electron chi connectivity index (χ4n) is 1.48. The molecular weight excluding hydrogens is 262 g/mol. The standard InChI is InChI=1S/C14H19NO5/c1-10(20-9-11-6-4-3-5-7-11)13(16)15-8-12(19-2)14(17)18/h3-7,10,12H,8-9H2,1-2H3,(H,15,16)(H,17,18). The highest BCUT2D eigenvalue weighted by atomic mass is 16.5. The molecule has 0 bridgehead atoms. The van der Waals surface area contributed by atoms with E-state index < -0.39 is 18.2 Å². The van der Waals surface area contributed by atoms with Gasteiger partial charge in [0.25, 0.3) is 0 Å². The van der Waals surface area contributed by atoms with Crippen LogP contribution in [-0.4, -0.2) is 42.8 Å². The Kier molecular flexibility index (Phi) is 6.69. The second-order valence-corrected chi connectivity index (χ2v) is 4.25. The van der Waals surface area contributed by atoms with Gasteiger partial charge in [-0.2, -0.15) is 0 Å². The summed E-state index contributed by atoms with van der Waals surface area (Å²) in [5.41, 5.74) is 0.965. The predicted molar refractivity (Wildman–Crippen MR) is 72.1 cm³/mol. The molecule has 110 valence electrons. The molecule has 0 aliphatic heterocycles. The minimum Gasteiger partial charge on any atom is -0.479 e. The molecule has 0 saturated carbocycles. The molecule has 0 heterocycles. The number of carboxylic acid groups (broad SMARTS) is 1. The molecule has 1 amide bonds. The zero-order valence-corrected chi connectivity index (χ0v) is 11.5. The first kappa shape index (κ1) is 16.1. The van der Waals surface area contributed by atoms with Gasteiger partial charge < -0.3 is 19.9 Å². The maximum atomic E-state index is 11.7. The minimum atomic E-state index is -1.12. The Morgan fingerprint density at radius 1 is 1.30 bits per heavy atom. The van der Waals surface area contributed by atoms with E-state index in [-0.39, 0.29) is 12.5 Å². The number of carboxylic acids is 1. The van der Waals surface area contributed by atoms with Crippen molar-refractivity contribution in [2.75, 3.05) is 13.7 Å². The molecule has 2 atom stereocenters. The van der Waals surface area contributed by atoms with Crippen molar-refractivity contribution in [1.29, 1.82) is 0 Å². The Hall–Kier alpha value is -1.92. The molecule has 0 aliphatic rings. The van der Waals surface area contributed by atoms with Gasteiger partial charge in [0.2, 0.25) is 5.91 Å². The minimum absolute atomic E-state index is 0.0935. The van der Waals surface area contributed by atoms with Crippen LogP contribution in [0.5, 0.6) is 0 Å². The van der Waals surface area contributed by atoms with Gasteiger partial charge in [-0.25, -0.2) is 4.79 Å². The van der Waals surface area contributed by atoms with Crippen LogP contribution in [0.1, 0.15) is 12.5 Å². The van der Waals surface area contributed by atoms with E-state index in [9.17, 15) is 9.59 Å². The van der Waals surface area contributed by atoms with Gasteiger partial charge in [-0.1, -0.05) is 30.3 Å². The average molecular weight is 281 g/mol. The fraction of sp³-hybridized carbons (Fsp3) is 0.429. The van der Waals surface area contributed by atoms with E-state index in [1.165, 1.54) is 7.11 Å². The van der Waals surface area contributed by atoms with Gasteiger partial charge in [0.15, 0.2) is 6.10 Å². The van der Waals surface area contributed by atoms with Crippen molar-refractivity contribution >= 4 is 11.9 Å². The molecule has 1 rings (SSSR count). The summed E-state index contributed by atoms with van der Waals surface area (Å²) in [7, 11) is 1.28. The lowest BCUT2D eigenvalue weighted by molar-refractivity contribution is -0.148. The Bertz CT molecular complexity index is 434. The van der Waals surface area contributed by atoms with Gasteiger partial charge >= 0.3 is 5.97 Å². The van der Waals surface area contributed by atoms with Crippen LogP contribution in [0, 0.1) is 0 Å². The first-order valence-corrected chi connectivity index (χ1v) is 6.23. The largest absolute Gasteiger partial charge is 0.479 e. The van der Waals surface area contributed by atoms with E-state index in [2.05, 4.69) is 5.32 Å². The number of rotatable bonds is 8. The highest BCUT2D eigenvalue weighted by Gasteiger charge is 2.19. The second kappa shape index (κ2) is 8.29. The van der Waals surface area contributed by atoms with Crippen LogP contribution in [0.3, 0.4) is 0 Å². The number of ether oxygens (including phenoxy) is 2. The van der Waals surface area contributed by atoms with Crippen molar-refractivity contribution in [3.8, 4) is 0 Å². The van der Waals surface area contributed by atoms with Crippen LogP contribution in [0.4, 0.5) is 0 Å². The lowest BCUT2D eigenvalue weighted by Gasteiger charge is -2.15. The Labute approximate surface area is 117 Å². The van der Waals surface area contributed by atoms with E-state index in [4.69, 9.17) is 14.6 Å². The summed E-state index contributed by atoms with van der Waals surface area (Å²) >= 11 is 0. The lowest BCUT2D eigenvalue weighted by Crippen LogP contribution is -2.42. The van der Waals surface area contributed by atoms with Crippen molar-refractivity contribution in [2.45, 2.75) is 25.7 Å². The zero-order valence-electron chi connectivity index (χ0n) is 11.5. The Morgan fingerprint density at radius 2 is 1.95 bits per heavy atom. The average Bonchev–Trinajstić information content (AvgIpc) is 2.45. The van der Waals surface area contributed by atoms with Gasteiger partial charge in [0, 0.05) is 7.11 Å². The number of hydrogen-bond donors (Lipinski definition) is 2. The van der Waals surface area contributed by atoms with Crippen LogP contribution in [0.2, 0.25) is 0 Å². The fourth-order valence-corrected chi connectivity index (χ4v) is 1.48. The summed E-state index contributed by atoms with van der Waals surface area (Å²) in [6, 6.07) is 9.47. The molecule has 0 radical (unpaired) electrons. The van der Waals surface area contributed by atoms with Gasteiger partial charge in [0.05, 0.1) is 13.2 Å². The number of carbonyl (C=O) groups is 2. The van der Waals surface area contributed by atoms with Crippen LogP contribution in [-0.2, 0) is 25.7 Å². The number of amides is 1. The summed E-state index contributed by atoms with van der Waals surface area (Å²) in [6.45, 7) is 1.84. The molecule has 1 aromatic rings. The molecular formula is C14H19NO5. The SMILES string of the molecule is COC(CNC(=O)C(C)OCc1ccccc1)C(=O)O. The second-order valence-electron chi connectivity index (χ2n) is 4.25. The maximum Gasteiger partial charge on any atom is 0.334 e. The molecule has 2 unspecified atom stereocenters. The predicted octanol–water partition coefficient (Wildman–Crippen LogP) is 0.807. The number of nitrogens with one attached hydrogen (secondary N) is 1. The van der Waals surface area contributed by atoms with Crippen molar-refractivity contribution in [3.63, 3.8) is 0 Å². The smallest absolute Gasteiger partial charge is 0.334 e. The highest BCUT2D eigenvalue weighted by molar-refractivity contribution is 5.81. The summed E-state index contributed by atoms with van der Waals surface area (Å²) in [4.78, 5) is 22.4. The topological polar surface area (TPSA) is 84.9 Å². The van der Waals surface area contributed by atoms with Crippen LogP contribution >= 0.6 is 0 Å². The molecule has 6 nitrogen and oxygen atoms in total. The maximum absolute atomic E-state index is 11.7. The monoisotopic (exact) mass is 281 g/mol. The van der Waals surface area contributed by atoms with Crippen molar-refractivity contribution in [3.05, 3.63) is 35.9 Å². The van der Waals surface area contributed by atoms with E-state index in [1.54, 1.807) is 6.92 Å². The van der Waals surface area contributed by atoms with Crippen LogP contribution in [0.25, 0.3) is 0 Å². The van der Waals surface area contributed by atoms with Gasteiger partial charge in [0.1, 0.15) is 6.10 Å².